The molecule has 4 rings (SSSR count). The van der Waals surface area contributed by atoms with Gasteiger partial charge in [0.2, 0.25) is 5.95 Å². The molecule has 0 unspecified atom stereocenters. The van der Waals surface area contributed by atoms with Crippen LogP contribution in [-0.2, 0) is 13.1 Å². The third kappa shape index (κ3) is 3.93. The molecule has 27 heavy (non-hydrogen) atoms. The normalized spacial score (nSPS) is 18.9. The molecule has 0 spiro atoms. The van der Waals surface area contributed by atoms with Crippen LogP contribution in [0, 0.1) is 0 Å². The molecule has 2 heterocycles. The Morgan fingerprint density at radius 2 is 1.96 bits per heavy atom. The third-order valence-electron chi connectivity index (χ3n) is 5.11. The Morgan fingerprint density at radius 1 is 1.19 bits per heavy atom. The predicted molar refractivity (Wildman–Crippen MR) is 106 cm³/mol. The number of nitrogens with two attached hydrogens (primary N) is 2. The SMILES string of the molecule is CN(Cc1nccn1Cc1ccccc1)c1cc(C2CC(N)C2)nc(N)n1. The third-order valence-corrected chi connectivity index (χ3v) is 5.11. The van der Waals surface area contributed by atoms with Gasteiger partial charge in [0, 0.05) is 44.0 Å². The summed E-state index contributed by atoms with van der Waals surface area (Å²) in [5.74, 6) is 2.48. The molecule has 0 amide bonds. The quantitative estimate of drug-likeness (QED) is 0.696. The van der Waals surface area contributed by atoms with E-state index in [1.807, 2.05) is 31.6 Å². The van der Waals surface area contributed by atoms with Gasteiger partial charge in [-0.2, -0.15) is 4.98 Å². The summed E-state index contributed by atoms with van der Waals surface area (Å²) in [5, 5.41) is 0. The van der Waals surface area contributed by atoms with E-state index in [0.717, 1.165) is 36.7 Å². The minimum atomic E-state index is 0.276. The van der Waals surface area contributed by atoms with Crippen LogP contribution < -0.4 is 16.4 Å². The molecule has 140 valence electrons. The maximum Gasteiger partial charge on any atom is 0.222 e. The van der Waals surface area contributed by atoms with Gasteiger partial charge in [0.1, 0.15) is 11.6 Å². The maximum atomic E-state index is 5.95. The summed E-state index contributed by atoms with van der Waals surface area (Å²) >= 11 is 0. The molecule has 0 bridgehead atoms. The summed E-state index contributed by atoms with van der Waals surface area (Å²) in [7, 11) is 2.00. The van der Waals surface area contributed by atoms with Crippen LogP contribution in [0.4, 0.5) is 11.8 Å². The molecular weight excluding hydrogens is 338 g/mol. The van der Waals surface area contributed by atoms with Crippen molar-refractivity contribution in [3.8, 4) is 0 Å². The second-order valence-electron chi connectivity index (χ2n) is 7.25. The first-order chi connectivity index (χ1) is 13.1. The van der Waals surface area contributed by atoms with Crippen molar-refractivity contribution < 1.29 is 0 Å². The van der Waals surface area contributed by atoms with Crippen molar-refractivity contribution in [3.63, 3.8) is 0 Å². The number of nitrogen functional groups attached to an aromatic ring is 1. The number of benzene rings is 1. The molecule has 7 heteroatoms. The molecule has 0 radical (unpaired) electrons. The first-order valence-electron chi connectivity index (χ1n) is 9.23. The Hall–Kier alpha value is -2.93. The van der Waals surface area contributed by atoms with Crippen molar-refractivity contribution >= 4 is 11.8 Å². The fourth-order valence-electron chi connectivity index (χ4n) is 3.49. The van der Waals surface area contributed by atoms with E-state index in [0.29, 0.717) is 18.4 Å². The lowest BCUT2D eigenvalue weighted by Gasteiger charge is -2.32. The van der Waals surface area contributed by atoms with Crippen molar-refractivity contribution in [3.05, 3.63) is 65.9 Å². The highest BCUT2D eigenvalue weighted by Gasteiger charge is 2.29. The van der Waals surface area contributed by atoms with Gasteiger partial charge in [-0.25, -0.2) is 9.97 Å². The van der Waals surface area contributed by atoms with Crippen LogP contribution in [0.25, 0.3) is 0 Å². The van der Waals surface area contributed by atoms with Gasteiger partial charge in [-0.15, -0.1) is 0 Å². The van der Waals surface area contributed by atoms with Gasteiger partial charge in [-0.3, -0.25) is 0 Å². The summed E-state index contributed by atoms with van der Waals surface area (Å²) in [4.78, 5) is 15.4. The van der Waals surface area contributed by atoms with Crippen LogP contribution in [0.1, 0.15) is 35.8 Å². The van der Waals surface area contributed by atoms with Crippen molar-refractivity contribution in [2.24, 2.45) is 5.73 Å². The van der Waals surface area contributed by atoms with Crippen molar-refractivity contribution in [1.82, 2.24) is 19.5 Å². The number of nitrogens with zero attached hydrogens (tertiary/aromatic N) is 5. The van der Waals surface area contributed by atoms with E-state index in [9.17, 15) is 0 Å². The minimum absolute atomic E-state index is 0.276. The van der Waals surface area contributed by atoms with Crippen LogP contribution >= 0.6 is 0 Å². The standard InChI is InChI=1S/C20H25N7/c1-26(18-11-17(24-20(22)25-18)15-9-16(21)10-15)13-19-23-7-8-27(19)12-14-5-3-2-4-6-14/h2-8,11,15-16H,9-10,12-13,21H2,1H3,(H2,22,24,25). The van der Waals surface area contributed by atoms with Crippen LogP contribution in [0.15, 0.2) is 48.8 Å². The number of rotatable bonds is 6. The minimum Gasteiger partial charge on any atom is -0.368 e. The molecule has 1 fully saturated rings. The number of aromatic nitrogens is 4. The highest BCUT2D eigenvalue weighted by Crippen LogP contribution is 2.35. The molecule has 1 aliphatic rings. The van der Waals surface area contributed by atoms with Gasteiger partial charge in [-0.1, -0.05) is 30.3 Å². The van der Waals surface area contributed by atoms with E-state index in [-0.39, 0.29) is 6.04 Å². The first-order valence-corrected chi connectivity index (χ1v) is 9.23. The lowest BCUT2D eigenvalue weighted by Crippen LogP contribution is -2.35. The molecule has 4 N–H and O–H groups in total. The second kappa shape index (κ2) is 7.36. The summed E-state index contributed by atoms with van der Waals surface area (Å²) in [5.41, 5.74) is 14.1. The lowest BCUT2D eigenvalue weighted by atomic mass is 9.78. The van der Waals surface area contributed by atoms with Crippen molar-refractivity contribution in [2.45, 2.75) is 37.9 Å². The van der Waals surface area contributed by atoms with Gasteiger partial charge < -0.3 is 20.9 Å². The van der Waals surface area contributed by atoms with E-state index < -0.39 is 0 Å². The highest BCUT2D eigenvalue weighted by molar-refractivity contribution is 5.44. The van der Waals surface area contributed by atoms with E-state index in [2.05, 4.69) is 48.7 Å². The number of hydrogen-bond acceptors (Lipinski definition) is 6. The zero-order valence-corrected chi connectivity index (χ0v) is 15.5. The number of imidazole rings is 1. The van der Waals surface area contributed by atoms with Gasteiger partial charge >= 0.3 is 0 Å². The monoisotopic (exact) mass is 363 g/mol. The van der Waals surface area contributed by atoms with Gasteiger partial charge in [-0.05, 0) is 18.4 Å². The summed E-state index contributed by atoms with van der Waals surface area (Å²) in [6.45, 7) is 1.43. The molecule has 1 saturated carbocycles. The van der Waals surface area contributed by atoms with E-state index in [1.165, 1.54) is 5.56 Å². The van der Waals surface area contributed by atoms with Crippen LogP contribution in [0.5, 0.6) is 0 Å². The summed E-state index contributed by atoms with van der Waals surface area (Å²) in [6, 6.07) is 12.7. The Balaban J connectivity index is 1.50. The molecule has 0 atom stereocenters. The van der Waals surface area contributed by atoms with Gasteiger partial charge in [0.05, 0.1) is 12.2 Å². The van der Waals surface area contributed by atoms with Crippen molar-refractivity contribution in [1.29, 1.82) is 0 Å². The molecule has 0 aliphatic heterocycles. The Labute approximate surface area is 159 Å². The second-order valence-corrected chi connectivity index (χ2v) is 7.25. The average Bonchev–Trinajstić information content (AvgIpc) is 3.06. The molecule has 3 aromatic rings. The molecule has 0 saturated heterocycles. The smallest absolute Gasteiger partial charge is 0.222 e. The zero-order chi connectivity index (χ0) is 18.8. The Kier molecular flexibility index (Phi) is 4.77. The fourth-order valence-corrected chi connectivity index (χ4v) is 3.49. The number of hydrogen-bond donors (Lipinski definition) is 2. The largest absolute Gasteiger partial charge is 0.368 e. The first kappa shape index (κ1) is 17.5. The maximum absolute atomic E-state index is 5.95. The topological polar surface area (TPSA) is 98.9 Å². The summed E-state index contributed by atoms with van der Waals surface area (Å²) in [6.07, 6.45) is 5.76. The van der Waals surface area contributed by atoms with E-state index in [1.54, 1.807) is 0 Å². The van der Waals surface area contributed by atoms with Gasteiger partial charge in [0.25, 0.3) is 0 Å². The van der Waals surface area contributed by atoms with Crippen LogP contribution in [0.3, 0.4) is 0 Å². The summed E-state index contributed by atoms with van der Waals surface area (Å²) < 4.78 is 2.16. The van der Waals surface area contributed by atoms with Crippen molar-refractivity contribution in [2.75, 3.05) is 17.7 Å². The van der Waals surface area contributed by atoms with Crippen LogP contribution in [-0.4, -0.2) is 32.6 Å². The fraction of sp³-hybridized carbons (Fsp3) is 0.350. The average molecular weight is 363 g/mol. The zero-order valence-electron chi connectivity index (χ0n) is 15.5. The highest BCUT2D eigenvalue weighted by atomic mass is 15.2. The molecular formula is C20H25N7. The van der Waals surface area contributed by atoms with Crippen LogP contribution in [0.2, 0.25) is 0 Å². The Morgan fingerprint density at radius 3 is 2.70 bits per heavy atom. The molecule has 2 aromatic heterocycles. The molecule has 1 aliphatic carbocycles. The van der Waals surface area contributed by atoms with E-state index in [4.69, 9.17) is 11.5 Å². The molecule has 7 nitrogen and oxygen atoms in total. The van der Waals surface area contributed by atoms with E-state index >= 15 is 0 Å². The number of anilines is 2. The molecule has 1 aromatic carbocycles. The van der Waals surface area contributed by atoms with Gasteiger partial charge in [0.15, 0.2) is 0 Å². The Bertz CT molecular complexity index is 900. The predicted octanol–water partition coefficient (Wildman–Crippen LogP) is 2.14. The lowest BCUT2D eigenvalue weighted by molar-refractivity contribution is 0.345.